The average molecular weight is 332 g/mol. The summed E-state index contributed by atoms with van der Waals surface area (Å²) in [5.74, 6) is 0.303. The topological polar surface area (TPSA) is 72.7 Å². The van der Waals surface area contributed by atoms with Crippen molar-refractivity contribution in [3.8, 4) is 5.82 Å². The molecule has 0 unspecified atom stereocenters. The predicted octanol–water partition coefficient (Wildman–Crippen LogP) is 3.02. The number of halogens is 2. The molecule has 1 N–H and O–H groups in total. The lowest BCUT2D eigenvalue weighted by Crippen LogP contribution is -2.15. The van der Waals surface area contributed by atoms with Crippen LogP contribution in [0.25, 0.3) is 5.82 Å². The second-order valence-electron chi connectivity index (χ2n) is 4.70. The van der Waals surface area contributed by atoms with Gasteiger partial charge in [0.2, 0.25) is 0 Å². The Balaban J connectivity index is 1.77. The van der Waals surface area contributed by atoms with Gasteiger partial charge in [0.1, 0.15) is 11.6 Å². The summed E-state index contributed by atoms with van der Waals surface area (Å²) in [5, 5.41) is 10.4. The molecule has 3 aromatic rings. The van der Waals surface area contributed by atoms with Crippen LogP contribution in [0, 0.1) is 12.7 Å². The van der Waals surface area contributed by atoms with Crippen molar-refractivity contribution < 1.29 is 9.18 Å². The van der Waals surface area contributed by atoms with Crippen LogP contribution in [0.5, 0.6) is 0 Å². The van der Waals surface area contributed by atoms with Crippen LogP contribution >= 0.6 is 11.6 Å². The van der Waals surface area contributed by atoms with Gasteiger partial charge in [-0.3, -0.25) is 9.36 Å². The molecule has 0 aliphatic carbocycles. The van der Waals surface area contributed by atoms with E-state index in [2.05, 4.69) is 20.5 Å². The number of benzene rings is 1. The number of nitrogens with one attached hydrogen (secondary N) is 1. The van der Waals surface area contributed by atoms with Crippen molar-refractivity contribution in [3.63, 3.8) is 0 Å². The van der Waals surface area contributed by atoms with Crippen molar-refractivity contribution in [2.24, 2.45) is 0 Å². The van der Waals surface area contributed by atoms with Crippen LogP contribution in [0.2, 0.25) is 5.02 Å². The molecule has 0 saturated carbocycles. The highest BCUT2D eigenvalue weighted by atomic mass is 35.5. The molecule has 0 fully saturated rings. The zero-order valence-electron chi connectivity index (χ0n) is 12.0. The Morgan fingerprint density at radius 2 is 2.09 bits per heavy atom. The maximum absolute atomic E-state index is 13.1. The van der Waals surface area contributed by atoms with Gasteiger partial charge in [0.15, 0.2) is 11.5 Å². The normalized spacial score (nSPS) is 10.6. The number of imidazole rings is 1. The summed E-state index contributed by atoms with van der Waals surface area (Å²) in [7, 11) is 0. The van der Waals surface area contributed by atoms with Crippen molar-refractivity contribution >= 4 is 23.2 Å². The van der Waals surface area contributed by atoms with E-state index in [1.54, 1.807) is 29.1 Å². The lowest BCUT2D eigenvalue weighted by Gasteiger charge is -2.06. The molecule has 1 aromatic carbocycles. The van der Waals surface area contributed by atoms with E-state index in [0.717, 1.165) is 5.82 Å². The van der Waals surface area contributed by atoms with Gasteiger partial charge in [-0.1, -0.05) is 11.6 Å². The Bertz CT molecular complexity index is 863. The molecule has 2 aromatic heterocycles. The fourth-order valence-electron chi connectivity index (χ4n) is 1.96. The SMILES string of the molecule is Cc1nccn1-c1ccc(C(=O)Nc2ccc(F)c(Cl)c2)nn1. The Hall–Kier alpha value is -2.80. The molecule has 3 rings (SSSR count). The molecular weight excluding hydrogens is 321 g/mol. The van der Waals surface area contributed by atoms with Gasteiger partial charge >= 0.3 is 0 Å². The summed E-state index contributed by atoms with van der Waals surface area (Å²) < 4.78 is 14.8. The Morgan fingerprint density at radius 3 is 2.70 bits per heavy atom. The standard InChI is InChI=1S/C15H11ClFN5O/c1-9-18-6-7-22(9)14-5-4-13(20-21-14)15(23)19-10-2-3-12(17)11(16)8-10/h2-8H,1H3,(H,19,23). The number of carbonyl (C=O) groups is 1. The quantitative estimate of drug-likeness (QED) is 0.800. The third kappa shape index (κ3) is 3.19. The molecule has 2 heterocycles. The van der Waals surface area contributed by atoms with E-state index in [0.29, 0.717) is 11.5 Å². The first-order valence-corrected chi connectivity index (χ1v) is 7.03. The first kappa shape index (κ1) is 15.1. The number of hydrogen-bond donors (Lipinski definition) is 1. The van der Waals surface area contributed by atoms with E-state index in [1.165, 1.54) is 18.2 Å². The molecule has 0 radical (unpaired) electrons. The van der Waals surface area contributed by atoms with Gasteiger partial charge in [0, 0.05) is 18.1 Å². The van der Waals surface area contributed by atoms with Gasteiger partial charge in [-0.15, -0.1) is 10.2 Å². The van der Waals surface area contributed by atoms with Crippen LogP contribution in [0.3, 0.4) is 0 Å². The summed E-state index contributed by atoms with van der Waals surface area (Å²) in [4.78, 5) is 16.2. The van der Waals surface area contributed by atoms with Gasteiger partial charge in [-0.05, 0) is 37.3 Å². The first-order chi connectivity index (χ1) is 11.0. The maximum atomic E-state index is 13.1. The largest absolute Gasteiger partial charge is 0.321 e. The fraction of sp³-hybridized carbons (Fsp3) is 0.0667. The highest BCUT2D eigenvalue weighted by Crippen LogP contribution is 2.19. The molecule has 0 saturated heterocycles. The molecule has 8 heteroatoms. The number of nitrogens with zero attached hydrogens (tertiary/aromatic N) is 4. The molecule has 23 heavy (non-hydrogen) atoms. The summed E-state index contributed by atoms with van der Waals surface area (Å²) in [6, 6.07) is 7.12. The molecule has 0 bridgehead atoms. The maximum Gasteiger partial charge on any atom is 0.276 e. The number of aryl methyl sites for hydroxylation is 1. The van der Waals surface area contributed by atoms with Gasteiger partial charge in [0.05, 0.1) is 5.02 Å². The molecular formula is C15H11ClFN5O. The van der Waals surface area contributed by atoms with Crippen LogP contribution < -0.4 is 5.32 Å². The van der Waals surface area contributed by atoms with Crippen LogP contribution in [0.4, 0.5) is 10.1 Å². The minimum absolute atomic E-state index is 0.0696. The Morgan fingerprint density at radius 1 is 1.26 bits per heavy atom. The molecule has 0 atom stereocenters. The molecule has 116 valence electrons. The lowest BCUT2D eigenvalue weighted by atomic mass is 10.3. The highest BCUT2D eigenvalue weighted by molar-refractivity contribution is 6.31. The summed E-state index contributed by atoms with van der Waals surface area (Å²) in [5.41, 5.74) is 0.504. The summed E-state index contributed by atoms with van der Waals surface area (Å²) in [6.45, 7) is 1.83. The molecule has 6 nitrogen and oxygen atoms in total. The number of hydrogen-bond acceptors (Lipinski definition) is 4. The minimum Gasteiger partial charge on any atom is -0.321 e. The van der Waals surface area contributed by atoms with Crippen molar-refractivity contribution in [1.29, 1.82) is 0 Å². The lowest BCUT2D eigenvalue weighted by molar-refractivity contribution is 0.102. The monoisotopic (exact) mass is 331 g/mol. The third-order valence-corrected chi connectivity index (χ3v) is 3.42. The highest BCUT2D eigenvalue weighted by Gasteiger charge is 2.11. The van der Waals surface area contributed by atoms with E-state index in [-0.39, 0.29) is 10.7 Å². The smallest absolute Gasteiger partial charge is 0.276 e. The zero-order valence-corrected chi connectivity index (χ0v) is 12.8. The number of anilines is 1. The van der Waals surface area contributed by atoms with Crippen LogP contribution in [0.1, 0.15) is 16.3 Å². The van der Waals surface area contributed by atoms with Crippen LogP contribution in [-0.2, 0) is 0 Å². The molecule has 1 amide bonds. The number of carbonyl (C=O) groups excluding carboxylic acids is 1. The van der Waals surface area contributed by atoms with Crippen molar-refractivity contribution in [2.45, 2.75) is 6.92 Å². The van der Waals surface area contributed by atoms with Crippen molar-refractivity contribution in [2.75, 3.05) is 5.32 Å². The van der Waals surface area contributed by atoms with Gasteiger partial charge in [0.25, 0.3) is 5.91 Å². The molecule has 0 aliphatic heterocycles. The minimum atomic E-state index is -0.551. The predicted molar refractivity (Wildman–Crippen MR) is 83.3 cm³/mol. The fourth-order valence-corrected chi connectivity index (χ4v) is 2.14. The van der Waals surface area contributed by atoms with Gasteiger partial charge in [-0.2, -0.15) is 0 Å². The second-order valence-corrected chi connectivity index (χ2v) is 5.11. The van der Waals surface area contributed by atoms with Crippen molar-refractivity contribution in [3.05, 3.63) is 65.1 Å². The zero-order chi connectivity index (χ0) is 16.4. The Kier molecular flexibility index (Phi) is 4.03. The van der Waals surface area contributed by atoms with Crippen LogP contribution in [0.15, 0.2) is 42.7 Å². The molecule has 0 aliphatic rings. The van der Waals surface area contributed by atoms with Crippen molar-refractivity contribution in [1.82, 2.24) is 19.7 Å². The number of amides is 1. The third-order valence-electron chi connectivity index (χ3n) is 3.13. The second kappa shape index (κ2) is 6.13. The van der Waals surface area contributed by atoms with Gasteiger partial charge < -0.3 is 5.32 Å². The summed E-state index contributed by atoms with van der Waals surface area (Å²) >= 11 is 5.67. The summed E-state index contributed by atoms with van der Waals surface area (Å²) in [6.07, 6.45) is 3.40. The van der Waals surface area contributed by atoms with Crippen LogP contribution in [-0.4, -0.2) is 25.7 Å². The van der Waals surface area contributed by atoms with E-state index in [4.69, 9.17) is 11.6 Å². The average Bonchev–Trinajstić information content (AvgIpc) is 2.97. The number of aromatic nitrogens is 4. The Labute approximate surface area is 136 Å². The van der Waals surface area contributed by atoms with E-state index in [9.17, 15) is 9.18 Å². The number of rotatable bonds is 3. The van der Waals surface area contributed by atoms with Gasteiger partial charge in [-0.25, -0.2) is 9.37 Å². The van der Waals surface area contributed by atoms with E-state index < -0.39 is 11.7 Å². The molecule has 0 spiro atoms. The van der Waals surface area contributed by atoms with E-state index >= 15 is 0 Å². The first-order valence-electron chi connectivity index (χ1n) is 6.65. The van der Waals surface area contributed by atoms with E-state index in [1.807, 2.05) is 6.92 Å².